The van der Waals surface area contributed by atoms with Crippen LogP contribution in [0.5, 0.6) is 0 Å². The molecule has 0 bridgehead atoms. The van der Waals surface area contributed by atoms with Crippen molar-refractivity contribution in [2.45, 2.75) is 39.0 Å². The second-order valence-corrected chi connectivity index (χ2v) is 7.26. The summed E-state index contributed by atoms with van der Waals surface area (Å²) in [6.07, 6.45) is 7.64. The Kier molecular flexibility index (Phi) is 4.87. The van der Waals surface area contributed by atoms with Gasteiger partial charge >= 0.3 is 0 Å². The highest BCUT2D eigenvalue weighted by molar-refractivity contribution is 5.86. The Bertz CT molecular complexity index is 913. The Labute approximate surface area is 154 Å². The molecule has 1 aromatic heterocycles. The fraction of sp³-hybridized carbons (Fsp3) is 0.348. The van der Waals surface area contributed by atoms with Crippen molar-refractivity contribution in [3.63, 3.8) is 0 Å². The van der Waals surface area contributed by atoms with E-state index in [4.69, 9.17) is 0 Å². The fourth-order valence-corrected chi connectivity index (χ4v) is 3.97. The van der Waals surface area contributed by atoms with Crippen LogP contribution in [0.2, 0.25) is 0 Å². The third kappa shape index (κ3) is 3.44. The minimum atomic E-state index is -0.148. The third-order valence-corrected chi connectivity index (χ3v) is 5.44. The number of hydrogen-bond acceptors (Lipinski definition) is 2. The molecule has 0 atom stereocenters. The van der Waals surface area contributed by atoms with Gasteiger partial charge in [-0.1, -0.05) is 30.3 Å². The fourth-order valence-electron chi connectivity index (χ4n) is 3.97. The lowest BCUT2D eigenvalue weighted by molar-refractivity contribution is 0.576. The van der Waals surface area contributed by atoms with E-state index in [-0.39, 0.29) is 5.82 Å². The quantitative estimate of drug-likeness (QED) is 0.622. The maximum Gasteiger partial charge on any atom is 0.131 e. The van der Waals surface area contributed by atoms with Crippen molar-refractivity contribution in [3.05, 3.63) is 71.3 Å². The van der Waals surface area contributed by atoms with Gasteiger partial charge in [-0.2, -0.15) is 0 Å². The maximum atomic E-state index is 14.0. The summed E-state index contributed by atoms with van der Waals surface area (Å²) in [5.74, 6) is -0.148. The number of benzene rings is 2. The normalized spacial score (nSPS) is 14.8. The van der Waals surface area contributed by atoms with E-state index in [0.29, 0.717) is 5.39 Å². The molecule has 4 rings (SSSR count). The molecule has 0 radical (unpaired) electrons. The highest BCUT2D eigenvalue weighted by Gasteiger charge is 2.14. The van der Waals surface area contributed by atoms with E-state index in [1.165, 1.54) is 36.1 Å². The zero-order valence-corrected chi connectivity index (χ0v) is 15.3. The van der Waals surface area contributed by atoms with Gasteiger partial charge < -0.3 is 4.90 Å². The topological polar surface area (TPSA) is 16.1 Å². The molecule has 0 aliphatic carbocycles. The minimum Gasteiger partial charge on any atom is -0.371 e. The largest absolute Gasteiger partial charge is 0.371 e. The molecule has 0 saturated carbocycles. The molecule has 1 fully saturated rings. The van der Waals surface area contributed by atoms with Crippen molar-refractivity contribution >= 4 is 16.5 Å². The van der Waals surface area contributed by atoms with Crippen LogP contribution in [0, 0.1) is 12.7 Å². The number of nitrogens with zero attached hydrogens (tertiary/aromatic N) is 2. The zero-order valence-electron chi connectivity index (χ0n) is 15.3. The molecule has 26 heavy (non-hydrogen) atoms. The Morgan fingerprint density at radius 1 is 0.962 bits per heavy atom. The molecular weight excluding hydrogens is 323 g/mol. The van der Waals surface area contributed by atoms with Crippen molar-refractivity contribution in [2.24, 2.45) is 0 Å². The molecular formula is C23H25FN2. The molecule has 3 heteroatoms. The third-order valence-electron chi connectivity index (χ3n) is 5.44. The number of aryl methyl sites for hydroxylation is 3. The summed E-state index contributed by atoms with van der Waals surface area (Å²) < 4.78 is 14.0. The van der Waals surface area contributed by atoms with E-state index in [2.05, 4.69) is 22.9 Å². The van der Waals surface area contributed by atoms with Crippen molar-refractivity contribution in [2.75, 3.05) is 18.0 Å². The summed E-state index contributed by atoms with van der Waals surface area (Å²) in [6.45, 7) is 4.44. The van der Waals surface area contributed by atoms with Crippen LogP contribution in [0.3, 0.4) is 0 Å². The maximum absolute atomic E-state index is 14.0. The van der Waals surface area contributed by atoms with Gasteiger partial charge in [-0.15, -0.1) is 0 Å². The van der Waals surface area contributed by atoms with E-state index in [9.17, 15) is 4.39 Å². The van der Waals surface area contributed by atoms with E-state index in [1.807, 2.05) is 36.5 Å². The standard InChI is InChI=1S/C23H25FN2/c1-17-16-25-19(15-23(17)26-13-5-2-6-14-26)11-9-18-10-12-22(24)21-8-4-3-7-20(18)21/h3-4,7-8,10,12,15-16H,2,5-6,9,11,13-14H2,1H3. The summed E-state index contributed by atoms with van der Waals surface area (Å²) in [5, 5.41) is 1.71. The van der Waals surface area contributed by atoms with E-state index >= 15 is 0 Å². The lowest BCUT2D eigenvalue weighted by Crippen LogP contribution is -2.30. The van der Waals surface area contributed by atoms with Crippen LogP contribution < -0.4 is 4.90 Å². The Morgan fingerprint density at radius 2 is 1.73 bits per heavy atom. The summed E-state index contributed by atoms with van der Waals surface area (Å²) in [6, 6.07) is 13.5. The zero-order chi connectivity index (χ0) is 17.9. The molecule has 0 N–H and O–H groups in total. The van der Waals surface area contributed by atoms with Crippen LogP contribution >= 0.6 is 0 Å². The molecule has 0 amide bonds. The van der Waals surface area contributed by atoms with Crippen LogP contribution in [-0.2, 0) is 12.8 Å². The smallest absolute Gasteiger partial charge is 0.131 e. The number of piperidine rings is 1. The Hall–Kier alpha value is -2.42. The average Bonchev–Trinajstić information content (AvgIpc) is 2.69. The lowest BCUT2D eigenvalue weighted by Gasteiger charge is -2.30. The summed E-state index contributed by atoms with van der Waals surface area (Å²) in [5.41, 5.74) is 4.88. The van der Waals surface area contributed by atoms with E-state index in [1.54, 1.807) is 6.07 Å². The SMILES string of the molecule is Cc1cnc(CCc2ccc(F)c3ccccc23)cc1N1CCCCC1. The van der Waals surface area contributed by atoms with Gasteiger partial charge in [0.15, 0.2) is 0 Å². The number of aromatic nitrogens is 1. The first-order chi connectivity index (χ1) is 12.7. The number of rotatable bonds is 4. The summed E-state index contributed by atoms with van der Waals surface area (Å²) in [4.78, 5) is 7.14. The van der Waals surface area contributed by atoms with Crippen LogP contribution in [0.4, 0.5) is 10.1 Å². The van der Waals surface area contributed by atoms with E-state index < -0.39 is 0 Å². The summed E-state index contributed by atoms with van der Waals surface area (Å²) in [7, 11) is 0. The number of fused-ring (bicyclic) bond motifs is 1. The Balaban J connectivity index is 1.56. The number of halogens is 1. The summed E-state index contributed by atoms with van der Waals surface area (Å²) >= 11 is 0. The average molecular weight is 348 g/mol. The van der Waals surface area contributed by atoms with Gasteiger partial charge in [-0.3, -0.25) is 4.98 Å². The molecule has 2 nitrogen and oxygen atoms in total. The van der Waals surface area contributed by atoms with Crippen molar-refractivity contribution in [1.82, 2.24) is 4.98 Å². The molecule has 134 valence electrons. The van der Waals surface area contributed by atoms with Crippen LogP contribution in [0.1, 0.15) is 36.1 Å². The first-order valence-electron chi connectivity index (χ1n) is 9.59. The second-order valence-electron chi connectivity index (χ2n) is 7.26. The van der Waals surface area contributed by atoms with Gasteiger partial charge in [-0.25, -0.2) is 4.39 Å². The van der Waals surface area contributed by atoms with Gasteiger partial charge in [0.1, 0.15) is 5.82 Å². The number of hydrogen-bond donors (Lipinski definition) is 0. The minimum absolute atomic E-state index is 0.148. The molecule has 2 aromatic carbocycles. The predicted molar refractivity (Wildman–Crippen MR) is 106 cm³/mol. The van der Waals surface area contributed by atoms with E-state index in [0.717, 1.165) is 37.0 Å². The van der Waals surface area contributed by atoms with Gasteiger partial charge in [0.25, 0.3) is 0 Å². The van der Waals surface area contributed by atoms with Gasteiger partial charge in [0.2, 0.25) is 0 Å². The first-order valence-corrected chi connectivity index (χ1v) is 9.59. The van der Waals surface area contributed by atoms with Crippen LogP contribution in [0.25, 0.3) is 10.8 Å². The monoisotopic (exact) mass is 348 g/mol. The molecule has 2 heterocycles. The van der Waals surface area contributed by atoms with Crippen molar-refractivity contribution in [3.8, 4) is 0 Å². The molecule has 1 aliphatic heterocycles. The number of anilines is 1. The highest BCUT2D eigenvalue weighted by Crippen LogP contribution is 2.26. The van der Waals surface area contributed by atoms with Crippen LogP contribution in [-0.4, -0.2) is 18.1 Å². The van der Waals surface area contributed by atoms with Gasteiger partial charge in [-0.05, 0) is 67.7 Å². The first kappa shape index (κ1) is 17.0. The van der Waals surface area contributed by atoms with Crippen LogP contribution in [0.15, 0.2) is 48.7 Å². The molecule has 0 unspecified atom stereocenters. The molecule has 1 saturated heterocycles. The van der Waals surface area contributed by atoms with Crippen molar-refractivity contribution in [1.29, 1.82) is 0 Å². The lowest BCUT2D eigenvalue weighted by atomic mass is 9.99. The molecule has 3 aromatic rings. The predicted octanol–water partition coefficient (Wildman–Crippen LogP) is 5.46. The van der Waals surface area contributed by atoms with Crippen molar-refractivity contribution < 1.29 is 4.39 Å². The van der Waals surface area contributed by atoms with Gasteiger partial charge in [0, 0.05) is 36.1 Å². The van der Waals surface area contributed by atoms with Gasteiger partial charge in [0.05, 0.1) is 0 Å². The highest BCUT2D eigenvalue weighted by atomic mass is 19.1. The molecule has 1 aliphatic rings. The second kappa shape index (κ2) is 7.45. The molecule has 0 spiro atoms. The number of pyridine rings is 1. The Morgan fingerprint density at radius 3 is 2.54 bits per heavy atom.